The Morgan fingerprint density at radius 1 is 1.43 bits per heavy atom. The zero-order valence-corrected chi connectivity index (χ0v) is 10.00. The number of thioether (sulfide) groups is 1. The Kier molecular flexibility index (Phi) is 5.20. The zero-order valence-electron chi connectivity index (χ0n) is 8.42. The van der Waals surface area contributed by atoms with Crippen LogP contribution in [0, 0.1) is 0 Å². The lowest BCUT2D eigenvalue weighted by Gasteiger charge is -2.04. The molecular formula is C11H16ClNS. The minimum Gasteiger partial charge on any atom is -0.399 e. The standard InChI is InChI=1S/C11H16ClNS/c1-2-3-6-14-8-9-7-10(13)4-5-11(9)12/h4-5,7H,2-3,6,8,13H2,1H3. The molecule has 0 radical (unpaired) electrons. The predicted molar refractivity (Wildman–Crippen MR) is 66.9 cm³/mol. The van der Waals surface area contributed by atoms with Crippen molar-refractivity contribution >= 4 is 29.1 Å². The van der Waals surface area contributed by atoms with Gasteiger partial charge in [0.1, 0.15) is 0 Å². The van der Waals surface area contributed by atoms with Crippen LogP contribution in [0.5, 0.6) is 0 Å². The molecule has 0 heterocycles. The quantitative estimate of drug-likeness (QED) is 0.611. The lowest BCUT2D eigenvalue weighted by molar-refractivity contribution is 0.896. The van der Waals surface area contributed by atoms with Gasteiger partial charge in [-0.25, -0.2) is 0 Å². The molecule has 14 heavy (non-hydrogen) atoms. The van der Waals surface area contributed by atoms with Crippen molar-refractivity contribution in [1.82, 2.24) is 0 Å². The van der Waals surface area contributed by atoms with Crippen LogP contribution < -0.4 is 5.73 Å². The number of unbranched alkanes of at least 4 members (excludes halogenated alkanes) is 1. The van der Waals surface area contributed by atoms with Gasteiger partial charge in [-0.3, -0.25) is 0 Å². The highest BCUT2D eigenvalue weighted by Crippen LogP contribution is 2.23. The second kappa shape index (κ2) is 6.20. The molecule has 0 bridgehead atoms. The summed E-state index contributed by atoms with van der Waals surface area (Å²) in [6, 6.07) is 5.66. The molecule has 0 atom stereocenters. The number of nitrogens with two attached hydrogens (primary N) is 1. The number of halogens is 1. The summed E-state index contributed by atoms with van der Waals surface area (Å²) in [5.74, 6) is 2.16. The van der Waals surface area contributed by atoms with Crippen molar-refractivity contribution in [2.24, 2.45) is 0 Å². The molecule has 0 fully saturated rings. The van der Waals surface area contributed by atoms with Crippen LogP contribution in [-0.2, 0) is 5.75 Å². The number of nitrogen functional groups attached to an aromatic ring is 1. The molecule has 3 heteroatoms. The summed E-state index contributed by atoms with van der Waals surface area (Å²) in [5, 5.41) is 0.822. The number of anilines is 1. The van der Waals surface area contributed by atoms with E-state index >= 15 is 0 Å². The number of benzene rings is 1. The molecule has 0 unspecified atom stereocenters. The summed E-state index contributed by atoms with van der Waals surface area (Å²) in [7, 11) is 0. The molecule has 0 amide bonds. The Hall–Kier alpha value is -0.340. The Balaban J connectivity index is 2.45. The topological polar surface area (TPSA) is 26.0 Å². The third-order valence-electron chi connectivity index (χ3n) is 1.97. The Morgan fingerprint density at radius 2 is 2.21 bits per heavy atom. The molecule has 0 aromatic heterocycles. The second-order valence-electron chi connectivity index (χ2n) is 3.26. The molecule has 78 valence electrons. The normalized spacial score (nSPS) is 10.4. The average molecular weight is 230 g/mol. The first-order chi connectivity index (χ1) is 6.74. The first-order valence-corrected chi connectivity index (χ1v) is 6.39. The molecule has 1 aromatic rings. The minimum atomic E-state index is 0.792. The Bertz CT molecular complexity index is 289. The summed E-state index contributed by atoms with van der Waals surface area (Å²) in [5.41, 5.74) is 7.63. The van der Waals surface area contributed by atoms with Gasteiger partial charge in [0.25, 0.3) is 0 Å². The van der Waals surface area contributed by atoms with E-state index in [4.69, 9.17) is 17.3 Å². The lowest BCUT2D eigenvalue weighted by atomic mass is 10.2. The Labute approximate surface area is 95.0 Å². The molecule has 1 aromatic carbocycles. The third-order valence-corrected chi connectivity index (χ3v) is 3.43. The molecule has 1 rings (SSSR count). The second-order valence-corrected chi connectivity index (χ2v) is 4.77. The summed E-state index contributed by atoms with van der Waals surface area (Å²) in [6.07, 6.45) is 2.52. The zero-order chi connectivity index (χ0) is 10.4. The van der Waals surface area contributed by atoms with Gasteiger partial charge < -0.3 is 5.73 Å². The van der Waals surface area contributed by atoms with E-state index in [-0.39, 0.29) is 0 Å². The van der Waals surface area contributed by atoms with Crippen molar-refractivity contribution in [2.45, 2.75) is 25.5 Å². The van der Waals surface area contributed by atoms with Gasteiger partial charge in [0.15, 0.2) is 0 Å². The van der Waals surface area contributed by atoms with Gasteiger partial charge in [0, 0.05) is 16.5 Å². The van der Waals surface area contributed by atoms with Crippen molar-refractivity contribution in [3.63, 3.8) is 0 Å². The summed E-state index contributed by atoms with van der Waals surface area (Å²) < 4.78 is 0. The first kappa shape index (κ1) is 11.7. The molecular weight excluding hydrogens is 214 g/mol. The maximum absolute atomic E-state index is 6.04. The van der Waals surface area contributed by atoms with Crippen molar-refractivity contribution in [3.8, 4) is 0 Å². The Morgan fingerprint density at radius 3 is 2.93 bits per heavy atom. The van der Waals surface area contributed by atoms with Crippen LogP contribution in [-0.4, -0.2) is 5.75 Å². The van der Waals surface area contributed by atoms with E-state index in [1.165, 1.54) is 18.6 Å². The molecule has 1 nitrogen and oxygen atoms in total. The summed E-state index contributed by atoms with van der Waals surface area (Å²) in [6.45, 7) is 2.20. The minimum absolute atomic E-state index is 0.792. The van der Waals surface area contributed by atoms with Crippen LogP contribution in [0.3, 0.4) is 0 Å². The van der Waals surface area contributed by atoms with E-state index in [1.807, 2.05) is 30.0 Å². The molecule has 0 saturated heterocycles. The maximum Gasteiger partial charge on any atom is 0.0447 e. The van der Waals surface area contributed by atoms with E-state index in [2.05, 4.69) is 6.92 Å². The third kappa shape index (κ3) is 3.81. The van der Waals surface area contributed by atoms with Crippen LogP contribution in [0.1, 0.15) is 25.3 Å². The highest BCUT2D eigenvalue weighted by Gasteiger charge is 2.00. The highest BCUT2D eigenvalue weighted by molar-refractivity contribution is 7.98. The fraction of sp³-hybridized carbons (Fsp3) is 0.455. The molecule has 0 spiro atoms. The van der Waals surface area contributed by atoms with Crippen molar-refractivity contribution in [3.05, 3.63) is 28.8 Å². The van der Waals surface area contributed by atoms with Gasteiger partial charge in [-0.05, 0) is 35.9 Å². The van der Waals surface area contributed by atoms with E-state index in [0.29, 0.717) is 0 Å². The molecule has 0 saturated carbocycles. The van der Waals surface area contributed by atoms with Gasteiger partial charge in [-0.15, -0.1) is 0 Å². The van der Waals surface area contributed by atoms with Gasteiger partial charge in [0.2, 0.25) is 0 Å². The lowest BCUT2D eigenvalue weighted by Crippen LogP contribution is -1.89. The van der Waals surface area contributed by atoms with E-state index in [9.17, 15) is 0 Å². The predicted octanol–water partition coefficient (Wildman–Crippen LogP) is 3.96. The summed E-state index contributed by atoms with van der Waals surface area (Å²) >= 11 is 7.95. The van der Waals surface area contributed by atoms with Crippen LogP contribution in [0.25, 0.3) is 0 Å². The van der Waals surface area contributed by atoms with Crippen molar-refractivity contribution < 1.29 is 0 Å². The summed E-state index contributed by atoms with van der Waals surface area (Å²) in [4.78, 5) is 0. The van der Waals surface area contributed by atoms with Crippen LogP contribution in [0.15, 0.2) is 18.2 Å². The average Bonchev–Trinajstić information content (AvgIpc) is 2.18. The smallest absolute Gasteiger partial charge is 0.0447 e. The fourth-order valence-corrected chi connectivity index (χ4v) is 2.49. The van der Waals surface area contributed by atoms with Crippen LogP contribution in [0.4, 0.5) is 5.69 Å². The van der Waals surface area contributed by atoms with Gasteiger partial charge >= 0.3 is 0 Å². The number of hydrogen-bond acceptors (Lipinski definition) is 2. The highest BCUT2D eigenvalue weighted by atomic mass is 35.5. The molecule has 0 aliphatic heterocycles. The fourth-order valence-electron chi connectivity index (χ4n) is 1.13. The van der Waals surface area contributed by atoms with Crippen LogP contribution in [0.2, 0.25) is 5.02 Å². The molecule has 2 N–H and O–H groups in total. The van der Waals surface area contributed by atoms with Gasteiger partial charge in [0.05, 0.1) is 0 Å². The first-order valence-electron chi connectivity index (χ1n) is 4.85. The maximum atomic E-state index is 6.04. The SMILES string of the molecule is CCCCSCc1cc(N)ccc1Cl. The molecule has 0 aliphatic carbocycles. The van der Waals surface area contributed by atoms with E-state index in [1.54, 1.807) is 0 Å². The monoisotopic (exact) mass is 229 g/mol. The van der Waals surface area contributed by atoms with E-state index in [0.717, 1.165) is 22.0 Å². The number of hydrogen-bond donors (Lipinski definition) is 1. The van der Waals surface area contributed by atoms with Gasteiger partial charge in [-0.2, -0.15) is 11.8 Å². The largest absolute Gasteiger partial charge is 0.399 e. The van der Waals surface area contributed by atoms with Crippen LogP contribution >= 0.6 is 23.4 Å². The molecule has 0 aliphatic rings. The number of rotatable bonds is 5. The van der Waals surface area contributed by atoms with Crippen molar-refractivity contribution in [2.75, 3.05) is 11.5 Å². The van der Waals surface area contributed by atoms with Gasteiger partial charge in [-0.1, -0.05) is 24.9 Å². The van der Waals surface area contributed by atoms with Crippen molar-refractivity contribution in [1.29, 1.82) is 0 Å². The van der Waals surface area contributed by atoms with E-state index < -0.39 is 0 Å².